The van der Waals surface area contributed by atoms with Crippen LogP contribution in [0.2, 0.25) is 0 Å². The predicted molar refractivity (Wildman–Crippen MR) is 71.7 cm³/mol. The molecular formula is C14H17NO5. The number of anilines is 1. The molecule has 1 N–H and O–H groups in total. The first kappa shape index (κ1) is 14.3. The topological polar surface area (TPSA) is 76.1 Å². The molecule has 0 saturated heterocycles. The van der Waals surface area contributed by atoms with E-state index in [0.29, 0.717) is 17.9 Å². The van der Waals surface area contributed by atoms with Gasteiger partial charge >= 0.3 is 5.97 Å². The van der Waals surface area contributed by atoms with Crippen LogP contribution in [-0.4, -0.2) is 43.9 Å². The molecule has 1 aromatic rings. The molecule has 0 fully saturated rings. The van der Waals surface area contributed by atoms with Crippen LogP contribution >= 0.6 is 0 Å². The average Bonchev–Trinajstić information content (AvgIpc) is 2.47. The largest absolute Gasteiger partial charge is 0.481 e. The van der Waals surface area contributed by atoms with Crippen molar-refractivity contribution in [3.05, 3.63) is 23.8 Å². The minimum absolute atomic E-state index is 0.0533. The number of fused-ring (bicyclic) bond motifs is 1. The van der Waals surface area contributed by atoms with E-state index in [2.05, 4.69) is 4.74 Å². The number of para-hydroxylation sites is 1. The van der Waals surface area contributed by atoms with Crippen LogP contribution in [0.15, 0.2) is 18.2 Å². The number of methoxy groups -OCH3 is 1. The fourth-order valence-electron chi connectivity index (χ4n) is 2.18. The second-order valence-electron chi connectivity index (χ2n) is 4.40. The average molecular weight is 279 g/mol. The first-order valence-electron chi connectivity index (χ1n) is 6.40. The molecule has 6 heteroatoms. The van der Waals surface area contributed by atoms with E-state index in [-0.39, 0.29) is 38.1 Å². The number of carbonyl (C=O) groups excluding carboxylic acids is 2. The Morgan fingerprint density at radius 2 is 2.30 bits per heavy atom. The number of rotatable bonds is 5. The van der Waals surface area contributed by atoms with Crippen LogP contribution in [-0.2, 0) is 20.7 Å². The molecule has 0 aromatic heterocycles. The van der Waals surface area contributed by atoms with Gasteiger partial charge in [-0.3, -0.25) is 9.59 Å². The molecule has 20 heavy (non-hydrogen) atoms. The van der Waals surface area contributed by atoms with E-state index in [4.69, 9.17) is 9.84 Å². The van der Waals surface area contributed by atoms with Crippen molar-refractivity contribution in [3.8, 4) is 5.75 Å². The van der Waals surface area contributed by atoms with E-state index in [1.807, 2.05) is 6.07 Å². The maximum absolute atomic E-state index is 11.8. The molecule has 0 radical (unpaired) electrons. The van der Waals surface area contributed by atoms with Crippen LogP contribution in [0.3, 0.4) is 0 Å². The lowest BCUT2D eigenvalue weighted by atomic mass is 10.1. The highest BCUT2D eigenvalue weighted by atomic mass is 16.5. The fraction of sp³-hybridized carbons (Fsp3) is 0.429. The number of nitrogens with zero attached hydrogens (tertiary/aromatic N) is 1. The number of hydrogen-bond donors (Lipinski definition) is 1. The highest BCUT2D eigenvalue weighted by Crippen LogP contribution is 2.35. The molecule has 0 spiro atoms. The second kappa shape index (κ2) is 6.38. The molecule has 6 nitrogen and oxygen atoms in total. The molecule has 0 atom stereocenters. The molecule has 0 aliphatic carbocycles. The monoisotopic (exact) mass is 279 g/mol. The number of benzene rings is 1. The standard InChI is InChI=1S/C14H17NO5/c1-19-13(18)6-5-10-3-2-4-11-14(10)20-9-12(17)15(11)7-8-16/h2-4,16H,5-9H2,1H3. The van der Waals surface area contributed by atoms with E-state index in [1.54, 1.807) is 12.1 Å². The van der Waals surface area contributed by atoms with Crippen molar-refractivity contribution in [2.45, 2.75) is 12.8 Å². The first-order chi connectivity index (χ1) is 9.67. The summed E-state index contributed by atoms with van der Waals surface area (Å²) < 4.78 is 10.1. The summed E-state index contributed by atoms with van der Waals surface area (Å²) >= 11 is 0. The minimum Gasteiger partial charge on any atom is -0.481 e. The quantitative estimate of drug-likeness (QED) is 0.795. The van der Waals surface area contributed by atoms with Crippen molar-refractivity contribution in [2.24, 2.45) is 0 Å². The van der Waals surface area contributed by atoms with Crippen LogP contribution in [0.5, 0.6) is 5.75 Å². The Kier molecular flexibility index (Phi) is 4.57. The summed E-state index contributed by atoms with van der Waals surface area (Å²) in [6.07, 6.45) is 0.737. The van der Waals surface area contributed by atoms with E-state index in [0.717, 1.165) is 5.56 Å². The minimum atomic E-state index is -0.290. The molecule has 108 valence electrons. The third-order valence-corrected chi connectivity index (χ3v) is 3.16. The summed E-state index contributed by atoms with van der Waals surface area (Å²) in [5.41, 5.74) is 1.49. The van der Waals surface area contributed by atoms with Crippen molar-refractivity contribution in [2.75, 3.05) is 31.8 Å². The number of ether oxygens (including phenoxy) is 2. The summed E-state index contributed by atoms with van der Waals surface area (Å²) in [4.78, 5) is 24.5. The third kappa shape index (κ3) is 2.91. The SMILES string of the molecule is COC(=O)CCc1cccc2c1OCC(=O)N2CCO. The second-order valence-corrected chi connectivity index (χ2v) is 4.40. The van der Waals surface area contributed by atoms with Gasteiger partial charge in [-0.15, -0.1) is 0 Å². The van der Waals surface area contributed by atoms with Gasteiger partial charge in [0.2, 0.25) is 0 Å². The molecule has 1 aliphatic rings. The Morgan fingerprint density at radius 3 is 3.00 bits per heavy atom. The summed E-state index contributed by atoms with van der Waals surface area (Å²) in [6, 6.07) is 5.43. The zero-order valence-electron chi connectivity index (χ0n) is 11.3. The van der Waals surface area contributed by atoms with E-state index in [9.17, 15) is 9.59 Å². The Labute approximate surface area is 116 Å². The number of aliphatic hydroxyl groups excluding tert-OH is 1. The van der Waals surface area contributed by atoms with Gasteiger partial charge in [0.05, 0.1) is 19.4 Å². The molecule has 1 aromatic carbocycles. The van der Waals surface area contributed by atoms with Crippen molar-refractivity contribution in [3.63, 3.8) is 0 Å². The van der Waals surface area contributed by atoms with Crippen LogP contribution in [0.4, 0.5) is 5.69 Å². The van der Waals surface area contributed by atoms with E-state index < -0.39 is 0 Å². The highest BCUT2D eigenvalue weighted by Gasteiger charge is 2.26. The Hall–Kier alpha value is -2.08. The number of hydrogen-bond acceptors (Lipinski definition) is 5. The van der Waals surface area contributed by atoms with Crippen LogP contribution in [0.25, 0.3) is 0 Å². The summed E-state index contributed by atoms with van der Waals surface area (Å²) in [7, 11) is 1.35. The Morgan fingerprint density at radius 1 is 1.50 bits per heavy atom. The molecular weight excluding hydrogens is 262 g/mol. The van der Waals surface area contributed by atoms with E-state index >= 15 is 0 Å². The maximum atomic E-state index is 11.8. The summed E-state index contributed by atoms with van der Waals surface area (Å²) in [5.74, 6) is 0.128. The number of aryl methyl sites for hydroxylation is 1. The molecule has 0 saturated carbocycles. The van der Waals surface area contributed by atoms with Gasteiger partial charge in [-0.05, 0) is 18.1 Å². The number of aliphatic hydroxyl groups is 1. The smallest absolute Gasteiger partial charge is 0.305 e. The molecule has 0 unspecified atom stereocenters. The fourth-order valence-corrected chi connectivity index (χ4v) is 2.18. The van der Waals surface area contributed by atoms with Gasteiger partial charge in [-0.2, -0.15) is 0 Å². The highest BCUT2D eigenvalue weighted by molar-refractivity contribution is 5.98. The molecule has 1 amide bonds. The van der Waals surface area contributed by atoms with Gasteiger partial charge in [-0.25, -0.2) is 0 Å². The third-order valence-electron chi connectivity index (χ3n) is 3.16. The predicted octanol–water partition coefficient (Wildman–Crippen LogP) is 0.510. The van der Waals surface area contributed by atoms with Gasteiger partial charge in [-0.1, -0.05) is 12.1 Å². The maximum Gasteiger partial charge on any atom is 0.305 e. The van der Waals surface area contributed by atoms with Crippen molar-refractivity contribution in [1.82, 2.24) is 0 Å². The van der Waals surface area contributed by atoms with Crippen molar-refractivity contribution in [1.29, 1.82) is 0 Å². The number of esters is 1. The number of β-amino-alcohol motifs (C(OH)–C–C–N with tert-alkyl or cyclic N) is 1. The Bertz CT molecular complexity index is 514. The first-order valence-corrected chi connectivity index (χ1v) is 6.40. The number of amides is 1. The lowest BCUT2D eigenvalue weighted by molar-refractivity contribution is -0.140. The molecule has 1 aliphatic heterocycles. The molecule has 0 bridgehead atoms. The zero-order chi connectivity index (χ0) is 14.5. The van der Waals surface area contributed by atoms with Crippen LogP contribution < -0.4 is 9.64 Å². The van der Waals surface area contributed by atoms with Gasteiger partial charge in [0.1, 0.15) is 5.75 Å². The van der Waals surface area contributed by atoms with Crippen LogP contribution in [0, 0.1) is 0 Å². The Balaban J connectivity index is 2.24. The van der Waals surface area contributed by atoms with Crippen molar-refractivity contribution < 1.29 is 24.2 Å². The normalized spacial score (nSPS) is 13.7. The number of carbonyl (C=O) groups is 2. The van der Waals surface area contributed by atoms with Gasteiger partial charge in [0.15, 0.2) is 6.61 Å². The van der Waals surface area contributed by atoms with Crippen LogP contribution in [0.1, 0.15) is 12.0 Å². The van der Waals surface area contributed by atoms with Gasteiger partial charge < -0.3 is 19.5 Å². The molecule has 2 rings (SSSR count). The van der Waals surface area contributed by atoms with E-state index in [1.165, 1.54) is 12.0 Å². The van der Waals surface area contributed by atoms with Crippen molar-refractivity contribution >= 4 is 17.6 Å². The summed E-state index contributed by atoms with van der Waals surface area (Å²) in [5, 5.41) is 9.04. The molecule has 1 heterocycles. The lowest BCUT2D eigenvalue weighted by Crippen LogP contribution is -2.40. The zero-order valence-corrected chi connectivity index (χ0v) is 11.3. The van der Waals surface area contributed by atoms with Gasteiger partial charge in [0.25, 0.3) is 5.91 Å². The summed E-state index contributed by atoms with van der Waals surface area (Å²) in [6.45, 7) is 0.0649. The van der Waals surface area contributed by atoms with Gasteiger partial charge in [0, 0.05) is 13.0 Å². The lowest BCUT2D eigenvalue weighted by Gasteiger charge is -2.30.